The molecule has 2 heteroatoms. The van der Waals surface area contributed by atoms with Crippen molar-refractivity contribution in [1.29, 1.82) is 0 Å². The average Bonchev–Trinajstić information content (AvgIpc) is 2.82. The monoisotopic (exact) mass is 259 g/mol. The van der Waals surface area contributed by atoms with Crippen LogP contribution >= 0.6 is 11.3 Å². The molecule has 1 aliphatic rings. The van der Waals surface area contributed by atoms with E-state index in [1.807, 2.05) is 11.3 Å². The van der Waals surface area contributed by atoms with Gasteiger partial charge in [-0.3, -0.25) is 0 Å². The normalized spacial score (nSPS) is 28.4. The van der Waals surface area contributed by atoms with Crippen molar-refractivity contribution in [1.82, 2.24) is 0 Å². The van der Waals surface area contributed by atoms with E-state index < -0.39 is 0 Å². The summed E-state index contributed by atoms with van der Waals surface area (Å²) in [6.07, 6.45) is 4.07. The summed E-state index contributed by atoms with van der Waals surface area (Å²) in [5.41, 5.74) is 1.28. The smallest absolute Gasteiger partial charge is 0.0349 e. The first-order valence-corrected chi connectivity index (χ1v) is 7.86. The fourth-order valence-electron chi connectivity index (χ4n) is 3.06. The van der Waals surface area contributed by atoms with E-state index in [1.54, 1.807) is 0 Å². The van der Waals surface area contributed by atoms with Gasteiger partial charge in [0.05, 0.1) is 0 Å². The lowest BCUT2D eigenvalue weighted by atomic mass is 9.78. The van der Waals surface area contributed by atoms with Gasteiger partial charge in [-0.2, -0.15) is 0 Å². The molecule has 0 amide bonds. The summed E-state index contributed by atoms with van der Waals surface area (Å²) in [5.74, 6) is 1.62. The molecule has 1 nitrogen and oxygen atoms in total. The van der Waals surface area contributed by atoms with Crippen LogP contribution in [0.15, 0.2) is 29.6 Å². The lowest BCUT2D eigenvalue weighted by molar-refractivity contribution is 0.253. The molecule has 0 radical (unpaired) electrons. The second-order valence-electron chi connectivity index (χ2n) is 5.69. The Morgan fingerprint density at radius 1 is 1.17 bits per heavy atom. The number of anilines is 1. The molecular weight excluding hydrogens is 238 g/mol. The quantitative estimate of drug-likeness (QED) is 0.787. The maximum atomic E-state index is 3.75. The van der Waals surface area contributed by atoms with Gasteiger partial charge in [-0.1, -0.05) is 26.7 Å². The third kappa shape index (κ3) is 2.26. The van der Waals surface area contributed by atoms with E-state index in [0.717, 1.165) is 11.8 Å². The first-order valence-electron chi connectivity index (χ1n) is 6.98. The molecule has 3 atom stereocenters. The van der Waals surface area contributed by atoms with Gasteiger partial charge in [0.25, 0.3) is 0 Å². The number of hydrogen-bond donors (Lipinski definition) is 1. The number of hydrogen-bond acceptors (Lipinski definition) is 2. The predicted octanol–water partition coefficient (Wildman–Crippen LogP) is 5.14. The fraction of sp³-hybridized carbons (Fsp3) is 0.500. The SMILES string of the molecule is CC1CCCC(Nc2ccc3sccc3c2)C1C. The van der Waals surface area contributed by atoms with E-state index in [-0.39, 0.29) is 0 Å². The maximum absolute atomic E-state index is 3.75. The minimum absolute atomic E-state index is 0.643. The summed E-state index contributed by atoms with van der Waals surface area (Å²) in [7, 11) is 0. The topological polar surface area (TPSA) is 12.0 Å². The Balaban J connectivity index is 1.78. The van der Waals surface area contributed by atoms with E-state index in [2.05, 4.69) is 48.8 Å². The van der Waals surface area contributed by atoms with Gasteiger partial charge in [0.1, 0.15) is 0 Å². The van der Waals surface area contributed by atoms with E-state index in [4.69, 9.17) is 0 Å². The van der Waals surface area contributed by atoms with Crippen LogP contribution in [0.2, 0.25) is 0 Å². The van der Waals surface area contributed by atoms with Crippen molar-refractivity contribution in [2.45, 2.75) is 39.2 Å². The third-order valence-corrected chi connectivity index (χ3v) is 5.41. The summed E-state index contributed by atoms with van der Waals surface area (Å²) < 4.78 is 1.38. The molecule has 1 aromatic heterocycles. The highest BCUT2D eigenvalue weighted by Gasteiger charge is 2.26. The predicted molar refractivity (Wildman–Crippen MR) is 81.4 cm³/mol. The number of benzene rings is 1. The van der Waals surface area contributed by atoms with Gasteiger partial charge in [0.2, 0.25) is 0 Å². The fourth-order valence-corrected chi connectivity index (χ4v) is 3.83. The maximum Gasteiger partial charge on any atom is 0.0349 e. The highest BCUT2D eigenvalue weighted by atomic mass is 32.1. The van der Waals surface area contributed by atoms with Crippen molar-refractivity contribution >= 4 is 27.1 Å². The van der Waals surface area contributed by atoms with E-state index in [0.29, 0.717) is 6.04 Å². The van der Waals surface area contributed by atoms with Crippen LogP contribution in [0.1, 0.15) is 33.1 Å². The van der Waals surface area contributed by atoms with Crippen LogP contribution in [-0.2, 0) is 0 Å². The minimum atomic E-state index is 0.643. The lowest BCUT2D eigenvalue weighted by Crippen LogP contribution is -2.34. The number of thiophene rings is 1. The molecule has 96 valence electrons. The van der Waals surface area contributed by atoms with Gasteiger partial charge in [0.15, 0.2) is 0 Å². The first-order chi connectivity index (χ1) is 8.74. The molecule has 2 aromatic rings. The van der Waals surface area contributed by atoms with Crippen molar-refractivity contribution in [3.63, 3.8) is 0 Å². The first kappa shape index (κ1) is 12.0. The van der Waals surface area contributed by atoms with Gasteiger partial charge in [-0.05, 0) is 53.3 Å². The Morgan fingerprint density at radius 3 is 2.94 bits per heavy atom. The second-order valence-corrected chi connectivity index (χ2v) is 6.64. The van der Waals surface area contributed by atoms with E-state index >= 15 is 0 Å². The lowest BCUT2D eigenvalue weighted by Gasteiger charge is -2.35. The molecule has 1 N–H and O–H groups in total. The Hall–Kier alpha value is -1.02. The van der Waals surface area contributed by atoms with Gasteiger partial charge in [0, 0.05) is 16.4 Å². The molecule has 3 rings (SSSR count). The summed E-state index contributed by atoms with van der Waals surface area (Å²) in [5, 5.41) is 7.28. The van der Waals surface area contributed by atoms with Crippen LogP contribution in [-0.4, -0.2) is 6.04 Å². The average molecular weight is 259 g/mol. The van der Waals surface area contributed by atoms with Gasteiger partial charge in [-0.15, -0.1) is 11.3 Å². The highest BCUT2D eigenvalue weighted by molar-refractivity contribution is 7.17. The van der Waals surface area contributed by atoms with Crippen molar-refractivity contribution in [2.24, 2.45) is 11.8 Å². The van der Waals surface area contributed by atoms with E-state index in [9.17, 15) is 0 Å². The molecule has 3 unspecified atom stereocenters. The summed E-state index contributed by atoms with van der Waals surface area (Å²) in [6.45, 7) is 4.78. The van der Waals surface area contributed by atoms with Crippen molar-refractivity contribution in [2.75, 3.05) is 5.32 Å². The van der Waals surface area contributed by atoms with Crippen LogP contribution in [0.3, 0.4) is 0 Å². The summed E-state index contributed by atoms with van der Waals surface area (Å²) >= 11 is 1.82. The molecule has 1 heterocycles. The minimum Gasteiger partial charge on any atom is -0.382 e. The van der Waals surface area contributed by atoms with Crippen LogP contribution in [0.5, 0.6) is 0 Å². The number of nitrogens with one attached hydrogen (secondary N) is 1. The zero-order chi connectivity index (χ0) is 12.5. The Bertz CT molecular complexity index is 531. The summed E-state index contributed by atoms with van der Waals surface area (Å²) in [4.78, 5) is 0. The van der Waals surface area contributed by atoms with Crippen LogP contribution < -0.4 is 5.32 Å². The standard InChI is InChI=1S/C16H21NS/c1-11-4-3-5-15(12(11)2)17-14-6-7-16-13(10-14)8-9-18-16/h6-12,15,17H,3-5H2,1-2H3. The Kier molecular flexibility index (Phi) is 3.29. The molecule has 1 aromatic carbocycles. The third-order valence-electron chi connectivity index (χ3n) is 4.51. The van der Waals surface area contributed by atoms with E-state index in [1.165, 1.54) is 35.0 Å². The molecule has 18 heavy (non-hydrogen) atoms. The van der Waals surface area contributed by atoms with Crippen LogP contribution in [0, 0.1) is 11.8 Å². The van der Waals surface area contributed by atoms with Crippen molar-refractivity contribution < 1.29 is 0 Å². The molecular formula is C16H21NS. The van der Waals surface area contributed by atoms with Gasteiger partial charge < -0.3 is 5.32 Å². The second kappa shape index (κ2) is 4.93. The van der Waals surface area contributed by atoms with Crippen LogP contribution in [0.4, 0.5) is 5.69 Å². The van der Waals surface area contributed by atoms with Crippen molar-refractivity contribution in [3.05, 3.63) is 29.6 Å². The Labute approximate surface area is 113 Å². The molecule has 0 aliphatic heterocycles. The van der Waals surface area contributed by atoms with Gasteiger partial charge in [-0.25, -0.2) is 0 Å². The molecule has 1 aliphatic carbocycles. The number of rotatable bonds is 2. The molecule has 0 saturated heterocycles. The highest BCUT2D eigenvalue weighted by Crippen LogP contribution is 2.32. The van der Waals surface area contributed by atoms with Crippen molar-refractivity contribution in [3.8, 4) is 0 Å². The zero-order valence-electron chi connectivity index (χ0n) is 11.1. The molecule has 1 fully saturated rings. The molecule has 0 spiro atoms. The van der Waals surface area contributed by atoms with Crippen LogP contribution in [0.25, 0.3) is 10.1 Å². The largest absolute Gasteiger partial charge is 0.382 e. The molecule has 1 saturated carbocycles. The summed E-state index contributed by atoms with van der Waals surface area (Å²) in [6, 6.07) is 9.60. The number of fused-ring (bicyclic) bond motifs is 1. The molecule has 0 bridgehead atoms. The van der Waals surface area contributed by atoms with Gasteiger partial charge >= 0.3 is 0 Å². The Morgan fingerprint density at radius 2 is 2.06 bits per heavy atom. The zero-order valence-corrected chi connectivity index (χ0v) is 12.0.